The van der Waals surface area contributed by atoms with Crippen LogP contribution < -0.4 is 10.4 Å². The van der Waals surface area contributed by atoms with E-state index < -0.39 is 7.12 Å². The fourth-order valence-electron chi connectivity index (χ4n) is 7.62. The summed E-state index contributed by atoms with van der Waals surface area (Å²) >= 11 is 1.81. The Morgan fingerprint density at radius 1 is 0.500 bits per heavy atom. The van der Waals surface area contributed by atoms with Gasteiger partial charge in [0.2, 0.25) is 0 Å². The Bertz CT molecular complexity index is 2770. The van der Waals surface area contributed by atoms with E-state index in [4.69, 9.17) is 13.7 Å². The van der Waals surface area contributed by atoms with Crippen molar-refractivity contribution in [2.45, 2.75) is 38.9 Å². The first-order chi connectivity index (χ1) is 25.2. The van der Waals surface area contributed by atoms with Crippen molar-refractivity contribution in [3.05, 3.63) is 146 Å². The average molecular weight is 694 g/mol. The van der Waals surface area contributed by atoms with E-state index in [0.717, 1.165) is 66.4 Å². The van der Waals surface area contributed by atoms with Crippen LogP contribution in [0, 0.1) is 0 Å². The van der Waals surface area contributed by atoms with Gasteiger partial charge in [-0.2, -0.15) is 0 Å². The minimum Gasteiger partial charge on any atom is -0.455 e. The molecule has 1 saturated heterocycles. The zero-order valence-corrected chi connectivity index (χ0v) is 30.3. The fraction of sp³-hybridized carbons (Fsp3) is 0.130. The summed E-state index contributed by atoms with van der Waals surface area (Å²) in [5.41, 5.74) is 7.49. The lowest BCUT2D eigenvalue weighted by atomic mass is 9.79. The van der Waals surface area contributed by atoms with Gasteiger partial charge in [-0.3, -0.25) is 0 Å². The summed E-state index contributed by atoms with van der Waals surface area (Å²) in [6, 6.07) is 52.1. The maximum atomic E-state index is 6.94. The van der Waals surface area contributed by atoms with Crippen molar-refractivity contribution in [3.63, 3.8) is 0 Å². The maximum absolute atomic E-state index is 6.94. The molecule has 4 nitrogen and oxygen atoms in total. The molecule has 1 aliphatic rings. The van der Waals surface area contributed by atoms with Gasteiger partial charge < -0.3 is 18.6 Å². The van der Waals surface area contributed by atoms with E-state index in [9.17, 15) is 0 Å². The zero-order valence-electron chi connectivity index (χ0n) is 29.5. The molecule has 7 aromatic carbocycles. The number of anilines is 3. The Hall–Kier alpha value is -5.40. The van der Waals surface area contributed by atoms with Crippen LogP contribution in [-0.2, 0) is 9.31 Å². The number of fused-ring (bicyclic) bond motifs is 8. The minimum absolute atomic E-state index is 0.388. The van der Waals surface area contributed by atoms with Gasteiger partial charge in [0, 0.05) is 59.0 Å². The molecule has 0 amide bonds. The standard InChI is InChI=1S/C46H36BNO3S/c1-45(2)46(3,4)51-47(50-45)31-21-23-36-39-25-30(20-24-41(39)52-42(36)26-31)38-27-34(48(32-14-7-5-8-15-32)33-16-9-6-10-17-33)28-40-37-22-19-29-13-11-12-18-35(29)43(37)49-44(38)40/h5-28H,1-4H3. The molecule has 252 valence electrons. The van der Waals surface area contributed by atoms with Crippen molar-refractivity contribution in [2.75, 3.05) is 4.90 Å². The molecule has 10 rings (SSSR count). The highest BCUT2D eigenvalue weighted by atomic mass is 32.1. The molecule has 0 spiro atoms. The molecule has 0 N–H and O–H groups in total. The van der Waals surface area contributed by atoms with Crippen LogP contribution in [0.5, 0.6) is 0 Å². The van der Waals surface area contributed by atoms with E-state index in [-0.39, 0.29) is 11.2 Å². The molecule has 0 saturated carbocycles. The van der Waals surface area contributed by atoms with Crippen LogP contribution in [0.25, 0.3) is 64.0 Å². The number of hydrogen-bond acceptors (Lipinski definition) is 5. The largest absolute Gasteiger partial charge is 0.494 e. The Balaban J connectivity index is 1.19. The third-order valence-corrected chi connectivity index (χ3v) is 12.2. The molecule has 1 fully saturated rings. The molecule has 52 heavy (non-hydrogen) atoms. The van der Waals surface area contributed by atoms with Crippen molar-refractivity contribution in [2.24, 2.45) is 0 Å². The summed E-state index contributed by atoms with van der Waals surface area (Å²) < 4.78 is 22.2. The second kappa shape index (κ2) is 11.6. The van der Waals surface area contributed by atoms with Crippen LogP contribution >= 0.6 is 11.3 Å². The van der Waals surface area contributed by atoms with Crippen molar-refractivity contribution in [1.82, 2.24) is 0 Å². The topological polar surface area (TPSA) is 34.8 Å². The van der Waals surface area contributed by atoms with Crippen LogP contribution in [-0.4, -0.2) is 18.3 Å². The van der Waals surface area contributed by atoms with Gasteiger partial charge in [0.05, 0.1) is 11.2 Å². The van der Waals surface area contributed by atoms with Gasteiger partial charge in [-0.1, -0.05) is 84.9 Å². The lowest BCUT2D eigenvalue weighted by Gasteiger charge is -2.32. The van der Waals surface area contributed by atoms with Gasteiger partial charge in [-0.25, -0.2) is 0 Å². The van der Waals surface area contributed by atoms with Crippen molar-refractivity contribution in [1.29, 1.82) is 0 Å². The number of thiophene rings is 1. The monoisotopic (exact) mass is 693 g/mol. The number of rotatable bonds is 5. The van der Waals surface area contributed by atoms with Gasteiger partial charge >= 0.3 is 7.12 Å². The van der Waals surface area contributed by atoms with E-state index in [1.54, 1.807) is 11.3 Å². The van der Waals surface area contributed by atoms with Gasteiger partial charge in [-0.05, 0) is 105 Å². The fourth-order valence-corrected chi connectivity index (χ4v) is 8.76. The summed E-state index contributed by atoms with van der Waals surface area (Å²) in [6.45, 7) is 8.40. The van der Waals surface area contributed by atoms with Crippen LogP contribution in [0.3, 0.4) is 0 Å². The van der Waals surface area contributed by atoms with Crippen molar-refractivity contribution < 1.29 is 13.7 Å². The summed E-state index contributed by atoms with van der Waals surface area (Å²) in [5.74, 6) is 0. The highest BCUT2D eigenvalue weighted by Gasteiger charge is 2.51. The second-order valence-electron chi connectivity index (χ2n) is 14.8. The Morgan fingerprint density at radius 3 is 1.90 bits per heavy atom. The zero-order chi connectivity index (χ0) is 35.2. The number of furan rings is 1. The minimum atomic E-state index is -0.396. The van der Waals surface area contributed by atoms with Crippen LogP contribution in [0.1, 0.15) is 27.7 Å². The highest BCUT2D eigenvalue weighted by Crippen LogP contribution is 2.46. The van der Waals surface area contributed by atoms with E-state index in [2.05, 4.69) is 178 Å². The first kappa shape index (κ1) is 31.3. The lowest BCUT2D eigenvalue weighted by Crippen LogP contribution is -2.41. The molecular formula is C46H36BNO3S. The van der Waals surface area contributed by atoms with E-state index in [0.29, 0.717) is 0 Å². The highest BCUT2D eigenvalue weighted by molar-refractivity contribution is 7.25. The van der Waals surface area contributed by atoms with Crippen molar-refractivity contribution in [3.8, 4) is 11.1 Å². The Kier molecular flexibility index (Phi) is 6.97. The first-order valence-corrected chi connectivity index (χ1v) is 18.7. The van der Waals surface area contributed by atoms with Gasteiger partial charge in [-0.15, -0.1) is 11.3 Å². The first-order valence-electron chi connectivity index (χ1n) is 17.8. The average Bonchev–Trinajstić information content (AvgIpc) is 3.79. The molecule has 0 atom stereocenters. The molecule has 3 heterocycles. The molecule has 6 heteroatoms. The Labute approximate surface area is 307 Å². The third kappa shape index (κ3) is 4.90. The number of hydrogen-bond donors (Lipinski definition) is 0. The summed E-state index contributed by atoms with van der Waals surface area (Å²) in [4.78, 5) is 2.33. The lowest BCUT2D eigenvalue weighted by molar-refractivity contribution is 0.00578. The maximum Gasteiger partial charge on any atom is 0.494 e. The summed E-state index contributed by atoms with van der Waals surface area (Å²) in [7, 11) is -0.396. The molecule has 2 aromatic heterocycles. The molecule has 9 aromatic rings. The molecule has 0 aliphatic carbocycles. The predicted molar refractivity (Wildman–Crippen MR) is 220 cm³/mol. The number of nitrogens with zero attached hydrogens (tertiary/aromatic N) is 1. The molecule has 0 bridgehead atoms. The van der Waals surface area contributed by atoms with E-state index in [1.807, 2.05) is 0 Å². The third-order valence-electron chi connectivity index (χ3n) is 11.1. The molecule has 0 unspecified atom stereocenters. The van der Waals surface area contributed by atoms with E-state index in [1.165, 1.54) is 20.2 Å². The molecule has 0 radical (unpaired) electrons. The second-order valence-corrected chi connectivity index (χ2v) is 15.9. The summed E-state index contributed by atoms with van der Waals surface area (Å²) in [6.07, 6.45) is 0. The van der Waals surface area contributed by atoms with Crippen LogP contribution in [0.2, 0.25) is 0 Å². The molecule has 1 aliphatic heterocycles. The smallest absolute Gasteiger partial charge is 0.455 e. The SMILES string of the molecule is CC1(C)OB(c2ccc3c(c2)sc2ccc(-c4cc(N(c5ccccc5)c5ccccc5)cc5c4oc4c6ccccc6ccc54)cc23)OC1(C)C. The quantitative estimate of drug-likeness (QED) is 0.168. The number of benzene rings is 7. The van der Waals surface area contributed by atoms with Gasteiger partial charge in [0.1, 0.15) is 11.2 Å². The van der Waals surface area contributed by atoms with Crippen LogP contribution in [0.4, 0.5) is 17.1 Å². The van der Waals surface area contributed by atoms with Gasteiger partial charge in [0.25, 0.3) is 0 Å². The summed E-state index contributed by atoms with van der Waals surface area (Å²) in [5, 5.41) is 6.92. The van der Waals surface area contributed by atoms with Crippen LogP contribution in [0.15, 0.2) is 150 Å². The molecular weight excluding hydrogens is 657 g/mol. The van der Waals surface area contributed by atoms with E-state index >= 15 is 0 Å². The normalized spacial score (nSPS) is 15.4. The number of para-hydroxylation sites is 2. The Morgan fingerprint density at radius 2 is 1.17 bits per heavy atom. The predicted octanol–water partition coefficient (Wildman–Crippen LogP) is 12.5. The van der Waals surface area contributed by atoms with Crippen molar-refractivity contribution >= 4 is 93.9 Å². The van der Waals surface area contributed by atoms with Gasteiger partial charge in [0.15, 0.2) is 0 Å².